The maximum Gasteiger partial charge on any atom is 0.226 e. The van der Waals surface area contributed by atoms with Crippen LogP contribution in [0, 0.1) is 6.92 Å². The van der Waals surface area contributed by atoms with Crippen molar-refractivity contribution in [1.82, 2.24) is 9.46 Å². The minimum Gasteiger partial charge on any atom is -0.360 e. The first-order valence-electron chi connectivity index (χ1n) is 6.97. The number of aromatic nitrogens is 1. The van der Waals surface area contributed by atoms with Crippen LogP contribution in [-0.4, -0.2) is 62.6 Å². The summed E-state index contributed by atoms with van der Waals surface area (Å²) < 4.78 is 52.7. The molecule has 0 spiro atoms. The summed E-state index contributed by atoms with van der Waals surface area (Å²) in [4.78, 5) is 11.9. The molecule has 0 aromatic carbocycles. The van der Waals surface area contributed by atoms with Gasteiger partial charge in [0.1, 0.15) is 5.76 Å². The molecule has 2 rings (SSSR count). The fourth-order valence-corrected chi connectivity index (χ4v) is 5.43. The molecule has 9 nitrogen and oxygen atoms in total. The number of carbonyl (C=O) groups excluding carboxylic acids is 1. The van der Waals surface area contributed by atoms with Crippen LogP contribution in [0.3, 0.4) is 0 Å². The van der Waals surface area contributed by atoms with Gasteiger partial charge in [0.05, 0.1) is 17.8 Å². The van der Waals surface area contributed by atoms with Crippen molar-refractivity contribution in [3.05, 3.63) is 11.8 Å². The minimum atomic E-state index is -3.61. The van der Waals surface area contributed by atoms with E-state index in [1.165, 1.54) is 6.07 Å². The molecule has 1 aliphatic heterocycles. The minimum absolute atomic E-state index is 0.0336. The van der Waals surface area contributed by atoms with Gasteiger partial charge in [-0.3, -0.25) is 4.79 Å². The summed E-state index contributed by atoms with van der Waals surface area (Å²) in [6, 6.07) is 0.924. The van der Waals surface area contributed by atoms with Gasteiger partial charge >= 0.3 is 0 Å². The SMILES string of the molecule is Cc1cc(NC(=O)CCN(C2CCS(=O)(=O)C2)S(C)(=O)=O)no1. The molecule has 130 valence electrons. The lowest BCUT2D eigenvalue weighted by molar-refractivity contribution is -0.116. The first-order valence-corrected chi connectivity index (χ1v) is 10.6. The Kier molecular flexibility index (Phi) is 5.11. The predicted molar refractivity (Wildman–Crippen MR) is 83.1 cm³/mol. The van der Waals surface area contributed by atoms with Crippen LogP contribution < -0.4 is 5.32 Å². The number of rotatable bonds is 6. The summed E-state index contributed by atoms with van der Waals surface area (Å²) in [7, 11) is -6.82. The standard InChI is InChI=1S/C12H19N3O6S2/c1-9-7-11(14-21-9)13-12(16)3-5-15(22(2,17)18)10-4-6-23(19,20)8-10/h7,10H,3-6,8H2,1-2H3,(H,13,14,16). The Morgan fingerprint density at radius 2 is 2.22 bits per heavy atom. The van der Waals surface area contributed by atoms with Gasteiger partial charge in [-0.05, 0) is 13.3 Å². The molecule has 0 bridgehead atoms. The molecule has 0 saturated carbocycles. The normalized spacial score (nSPS) is 20.7. The Labute approximate surface area is 135 Å². The van der Waals surface area contributed by atoms with Crippen LogP contribution in [0.15, 0.2) is 10.6 Å². The van der Waals surface area contributed by atoms with Gasteiger partial charge in [-0.1, -0.05) is 5.16 Å². The lowest BCUT2D eigenvalue weighted by atomic mass is 10.2. The molecule has 1 atom stereocenters. The zero-order valence-corrected chi connectivity index (χ0v) is 14.5. The summed E-state index contributed by atoms with van der Waals surface area (Å²) >= 11 is 0. The number of nitrogens with one attached hydrogen (secondary N) is 1. The Balaban J connectivity index is 1.98. The number of carbonyl (C=O) groups is 1. The summed E-state index contributed by atoms with van der Waals surface area (Å²) in [5, 5.41) is 6.10. The van der Waals surface area contributed by atoms with E-state index in [1.807, 2.05) is 0 Å². The molecule has 0 aliphatic carbocycles. The van der Waals surface area contributed by atoms with Gasteiger partial charge in [-0.15, -0.1) is 0 Å². The van der Waals surface area contributed by atoms with Crippen LogP contribution in [0.25, 0.3) is 0 Å². The van der Waals surface area contributed by atoms with E-state index in [9.17, 15) is 21.6 Å². The number of anilines is 1. The third-order valence-electron chi connectivity index (χ3n) is 3.50. The molecule has 23 heavy (non-hydrogen) atoms. The van der Waals surface area contributed by atoms with Gasteiger partial charge < -0.3 is 9.84 Å². The van der Waals surface area contributed by atoms with Crippen molar-refractivity contribution in [1.29, 1.82) is 0 Å². The van der Waals surface area contributed by atoms with E-state index in [4.69, 9.17) is 4.52 Å². The van der Waals surface area contributed by atoms with Crippen molar-refractivity contribution in [2.24, 2.45) is 0 Å². The van der Waals surface area contributed by atoms with Crippen LogP contribution in [0.2, 0.25) is 0 Å². The number of hydrogen-bond donors (Lipinski definition) is 1. The van der Waals surface area contributed by atoms with Crippen molar-refractivity contribution in [2.75, 3.05) is 29.6 Å². The molecule has 2 heterocycles. The third kappa shape index (κ3) is 5.01. The topological polar surface area (TPSA) is 127 Å². The molecule has 1 aromatic rings. The van der Waals surface area contributed by atoms with E-state index in [-0.39, 0.29) is 36.7 Å². The Hall–Kier alpha value is -1.46. The molecule has 1 N–H and O–H groups in total. The summed E-state index contributed by atoms with van der Waals surface area (Å²) in [6.07, 6.45) is 1.16. The van der Waals surface area contributed by atoms with Crippen LogP contribution >= 0.6 is 0 Å². The second kappa shape index (κ2) is 6.57. The maximum absolute atomic E-state index is 11.9. The van der Waals surface area contributed by atoms with Crippen LogP contribution in [0.4, 0.5) is 5.82 Å². The fourth-order valence-electron chi connectivity index (χ4n) is 2.46. The Morgan fingerprint density at radius 1 is 1.52 bits per heavy atom. The quantitative estimate of drug-likeness (QED) is 0.737. The van der Waals surface area contributed by atoms with Gasteiger partial charge in [0.15, 0.2) is 15.7 Å². The molecule has 11 heteroatoms. The van der Waals surface area contributed by atoms with Gasteiger partial charge in [0.25, 0.3) is 0 Å². The number of amides is 1. The fraction of sp³-hybridized carbons (Fsp3) is 0.667. The average molecular weight is 365 g/mol. The lowest BCUT2D eigenvalue weighted by Crippen LogP contribution is -2.42. The highest BCUT2D eigenvalue weighted by molar-refractivity contribution is 7.92. The van der Waals surface area contributed by atoms with Crippen molar-refractivity contribution in [3.8, 4) is 0 Å². The van der Waals surface area contributed by atoms with E-state index in [2.05, 4.69) is 10.5 Å². The first-order chi connectivity index (χ1) is 10.6. The highest BCUT2D eigenvalue weighted by Gasteiger charge is 2.36. The Morgan fingerprint density at radius 3 is 2.70 bits per heavy atom. The molecule has 1 fully saturated rings. The van der Waals surface area contributed by atoms with Crippen molar-refractivity contribution in [2.45, 2.75) is 25.8 Å². The van der Waals surface area contributed by atoms with Crippen LogP contribution in [-0.2, 0) is 24.7 Å². The average Bonchev–Trinajstić information content (AvgIpc) is 2.94. The molecule has 1 saturated heterocycles. The Bertz CT molecular complexity index is 783. The molecule has 1 aliphatic rings. The zero-order chi connectivity index (χ0) is 17.3. The van der Waals surface area contributed by atoms with E-state index >= 15 is 0 Å². The zero-order valence-electron chi connectivity index (χ0n) is 12.9. The maximum atomic E-state index is 11.9. The van der Waals surface area contributed by atoms with Crippen molar-refractivity contribution >= 4 is 31.6 Å². The molecular formula is C12H19N3O6S2. The number of sulfonamides is 1. The van der Waals surface area contributed by atoms with Gasteiger partial charge in [0, 0.05) is 25.1 Å². The van der Waals surface area contributed by atoms with Crippen LogP contribution in [0.5, 0.6) is 0 Å². The number of hydrogen-bond acceptors (Lipinski definition) is 7. The highest BCUT2D eigenvalue weighted by Crippen LogP contribution is 2.20. The van der Waals surface area contributed by atoms with Crippen LogP contribution in [0.1, 0.15) is 18.6 Å². The highest BCUT2D eigenvalue weighted by atomic mass is 32.2. The van der Waals surface area contributed by atoms with E-state index in [0.29, 0.717) is 5.76 Å². The molecule has 1 unspecified atom stereocenters. The van der Waals surface area contributed by atoms with Gasteiger partial charge in [-0.2, -0.15) is 4.31 Å². The van der Waals surface area contributed by atoms with Crippen molar-refractivity contribution in [3.63, 3.8) is 0 Å². The monoisotopic (exact) mass is 365 g/mol. The second-order valence-electron chi connectivity index (χ2n) is 5.55. The van der Waals surface area contributed by atoms with E-state index in [0.717, 1.165) is 10.6 Å². The second-order valence-corrected chi connectivity index (χ2v) is 9.72. The van der Waals surface area contributed by atoms with Crippen molar-refractivity contribution < 1.29 is 26.2 Å². The van der Waals surface area contributed by atoms with Gasteiger partial charge in [-0.25, -0.2) is 16.8 Å². The number of nitrogens with zero attached hydrogens (tertiary/aromatic N) is 2. The predicted octanol–water partition coefficient (Wildman–Crippen LogP) is -0.240. The molecule has 0 radical (unpaired) electrons. The lowest BCUT2D eigenvalue weighted by Gasteiger charge is -2.25. The third-order valence-corrected chi connectivity index (χ3v) is 6.58. The molecular weight excluding hydrogens is 346 g/mol. The summed E-state index contributed by atoms with van der Waals surface area (Å²) in [6.45, 7) is 1.59. The molecule has 1 aromatic heterocycles. The summed E-state index contributed by atoms with van der Waals surface area (Å²) in [5.74, 6) is 0.127. The largest absolute Gasteiger partial charge is 0.360 e. The van der Waals surface area contributed by atoms with Gasteiger partial charge in [0.2, 0.25) is 15.9 Å². The first kappa shape index (κ1) is 17.9. The van der Waals surface area contributed by atoms with E-state index in [1.54, 1.807) is 6.92 Å². The number of sulfone groups is 1. The number of aryl methyl sites for hydroxylation is 1. The van der Waals surface area contributed by atoms with E-state index < -0.39 is 31.8 Å². The summed E-state index contributed by atoms with van der Waals surface area (Å²) in [5.41, 5.74) is 0. The molecule has 1 amide bonds. The smallest absolute Gasteiger partial charge is 0.226 e.